The molecule has 2 nitrogen and oxygen atoms in total. The van der Waals surface area contributed by atoms with Crippen molar-refractivity contribution in [1.29, 1.82) is 0 Å². The number of rotatable bonds is 5. The molecule has 0 saturated carbocycles. The molecule has 1 aliphatic heterocycles. The van der Waals surface area contributed by atoms with Gasteiger partial charge in [0, 0.05) is 19.0 Å². The fraction of sp³-hybridized carbons (Fsp3) is 1.00. The molecular formula is C10H21NOS. The molecule has 0 spiro atoms. The van der Waals surface area contributed by atoms with E-state index < -0.39 is 0 Å². The highest BCUT2D eigenvalue weighted by Gasteiger charge is 2.29. The third-order valence-corrected chi connectivity index (χ3v) is 3.97. The summed E-state index contributed by atoms with van der Waals surface area (Å²) < 4.78 is 0. The lowest BCUT2D eigenvalue weighted by molar-refractivity contribution is 0.150. The van der Waals surface area contributed by atoms with E-state index in [0.29, 0.717) is 5.92 Å². The molecule has 1 heterocycles. The Morgan fingerprint density at radius 3 is 2.69 bits per heavy atom. The van der Waals surface area contributed by atoms with Crippen LogP contribution in [-0.2, 0) is 0 Å². The quantitative estimate of drug-likeness (QED) is 0.684. The summed E-state index contributed by atoms with van der Waals surface area (Å²) in [5, 5.41) is 9.73. The van der Waals surface area contributed by atoms with E-state index in [1.54, 1.807) is 0 Å². The van der Waals surface area contributed by atoms with Crippen LogP contribution >= 0.6 is 11.8 Å². The summed E-state index contributed by atoms with van der Waals surface area (Å²) >= 11 is 1.98. The van der Waals surface area contributed by atoms with Gasteiger partial charge in [0.2, 0.25) is 0 Å². The topological polar surface area (TPSA) is 23.5 Å². The molecule has 1 N–H and O–H groups in total. The van der Waals surface area contributed by atoms with E-state index in [-0.39, 0.29) is 6.10 Å². The van der Waals surface area contributed by atoms with Gasteiger partial charge in [0.25, 0.3) is 0 Å². The van der Waals surface area contributed by atoms with E-state index in [2.05, 4.69) is 18.7 Å². The average molecular weight is 203 g/mol. The van der Waals surface area contributed by atoms with Gasteiger partial charge in [0.05, 0.1) is 6.10 Å². The lowest BCUT2D eigenvalue weighted by Gasteiger charge is -2.12. The first kappa shape index (κ1) is 11.3. The predicted octanol–water partition coefficient (Wildman–Crippen LogP) is 1.44. The van der Waals surface area contributed by atoms with Crippen molar-refractivity contribution in [2.75, 3.05) is 31.1 Å². The second kappa shape index (κ2) is 5.89. The number of hydrogen-bond acceptors (Lipinski definition) is 3. The van der Waals surface area contributed by atoms with Crippen LogP contribution in [0.25, 0.3) is 0 Å². The minimum absolute atomic E-state index is 0.0793. The lowest BCUT2D eigenvalue weighted by atomic mass is 10.1. The minimum Gasteiger partial charge on any atom is -0.391 e. The van der Waals surface area contributed by atoms with E-state index in [4.69, 9.17) is 0 Å². The van der Waals surface area contributed by atoms with Crippen molar-refractivity contribution in [3.63, 3.8) is 0 Å². The zero-order valence-corrected chi connectivity index (χ0v) is 9.52. The highest BCUT2D eigenvalue weighted by Crippen LogP contribution is 2.21. The van der Waals surface area contributed by atoms with Gasteiger partial charge in [-0.15, -0.1) is 0 Å². The van der Waals surface area contributed by atoms with E-state index in [0.717, 1.165) is 25.4 Å². The Labute approximate surface area is 85.7 Å². The molecule has 3 heteroatoms. The van der Waals surface area contributed by atoms with Crippen LogP contribution in [0.3, 0.4) is 0 Å². The maximum atomic E-state index is 9.73. The van der Waals surface area contributed by atoms with Gasteiger partial charge in [-0.1, -0.05) is 13.8 Å². The number of likely N-dealkylation sites (tertiary alicyclic amines) is 1. The van der Waals surface area contributed by atoms with Crippen molar-refractivity contribution in [2.45, 2.75) is 26.4 Å². The zero-order valence-electron chi connectivity index (χ0n) is 8.70. The van der Waals surface area contributed by atoms with Crippen molar-refractivity contribution in [1.82, 2.24) is 4.90 Å². The monoisotopic (exact) mass is 203 g/mol. The Kier molecular flexibility index (Phi) is 5.14. The first-order valence-corrected chi connectivity index (χ1v) is 6.41. The Morgan fingerprint density at radius 2 is 2.15 bits per heavy atom. The van der Waals surface area contributed by atoms with Crippen LogP contribution in [0.2, 0.25) is 0 Å². The third kappa shape index (κ3) is 3.49. The molecule has 78 valence electrons. The summed E-state index contributed by atoms with van der Waals surface area (Å²) in [4.78, 5) is 2.34. The molecule has 0 aromatic carbocycles. The number of aliphatic hydroxyl groups excluding tert-OH is 1. The number of aliphatic hydroxyl groups is 1. The molecule has 1 fully saturated rings. The highest BCUT2D eigenvalue weighted by molar-refractivity contribution is 7.99. The average Bonchev–Trinajstić information content (AvgIpc) is 2.48. The van der Waals surface area contributed by atoms with Crippen LogP contribution in [-0.4, -0.2) is 47.3 Å². The van der Waals surface area contributed by atoms with Gasteiger partial charge < -0.3 is 10.0 Å². The van der Waals surface area contributed by atoms with Gasteiger partial charge in [0.1, 0.15) is 0 Å². The number of nitrogens with zero attached hydrogens (tertiary/aromatic N) is 1. The normalized spacial score (nSPS) is 29.8. The van der Waals surface area contributed by atoms with E-state index in [1.807, 2.05) is 11.8 Å². The first-order chi connectivity index (χ1) is 6.27. The maximum Gasteiger partial charge on any atom is 0.0715 e. The second-order valence-electron chi connectivity index (χ2n) is 3.75. The molecule has 0 bridgehead atoms. The maximum absolute atomic E-state index is 9.73. The molecular weight excluding hydrogens is 182 g/mol. The van der Waals surface area contributed by atoms with Gasteiger partial charge in [0.15, 0.2) is 0 Å². The molecule has 13 heavy (non-hydrogen) atoms. The predicted molar refractivity (Wildman–Crippen MR) is 59.2 cm³/mol. The Balaban J connectivity index is 2.18. The molecule has 1 saturated heterocycles. The van der Waals surface area contributed by atoms with Gasteiger partial charge in [-0.2, -0.15) is 11.8 Å². The Bertz CT molecular complexity index is 143. The van der Waals surface area contributed by atoms with Crippen LogP contribution in [0.4, 0.5) is 0 Å². The molecule has 0 aromatic rings. The smallest absolute Gasteiger partial charge is 0.0715 e. The summed E-state index contributed by atoms with van der Waals surface area (Å²) in [6.07, 6.45) is 1.16. The summed E-state index contributed by atoms with van der Waals surface area (Å²) in [6.45, 7) is 7.42. The summed E-state index contributed by atoms with van der Waals surface area (Å²) in [7, 11) is 0. The Morgan fingerprint density at radius 1 is 1.38 bits per heavy atom. The number of β-amino-alcohol motifs (C(OH)–C–C–N with tert-alkyl or cyclic N) is 1. The summed E-state index contributed by atoms with van der Waals surface area (Å²) in [6, 6.07) is 0. The minimum atomic E-state index is -0.0793. The van der Waals surface area contributed by atoms with Gasteiger partial charge in [-0.3, -0.25) is 0 Å². The fourth-order valence-electron chi connectivity index (χ4n) is 1.74. The standard InChI is InChI=1S/C10H21NOS/c1-3-5-13-8-9-6-11(4-2)7-10(9)12/h9-10,12H,3-8H2,1-2H3/t9-,10+/m0/s1. The molecule has 1 rings (SSSR count). The Hall–Kier alpha value is 0.270. The van der Waals surface area contributed by atoms with Crippen molar-refractivity contribution in [2.24, 2.45) is 5.92 Å². The van der Waals surface area contributed by atoms with Crippen molar-refractivity contribution in [3.8, 4) is 0 Å². The number of thioether (sulfide) groups is 1. The molecule has 2 atom stereocenters. The van der Waals surface area contributed by atoms with Crippen LogP contribution in [0.15, 0.2) is 0 Å². The molecule has 0 radical (unpaired) electrons. The lowest BCUT2D eigenvalue weighted by Crippen LogP contribution is -2.21. The summed E-state index contributed by atoms with van der Waals surface area (Å²) in [5.74, 6) is 2.87. The first-order valence-electron chi connectivity index (χ1n) is 5.26. The van der Waals surface area contributed by atoms with Crippen molar-refractivity contribution >= 4 is 11.8 Å². The van der Waals surface area contributed by atoms with E-state index >= 15 is 0 Å². The van der Waals surface area contributed by atoms with Crippen LogP contribution in [0.1, 0.15) is 20.3 Å². The van der Waals surface area contributed by atoms with Gasteiger partial charge in [-0.05, 0) is 24.5 Å². The van der Waals surface area contributed by atoms with Crippen LogP contribution in [0, 0.1) is 5.92 Å². The number of likely N-dealkylation sites (N-methyl/N-ethyl adjacent to an activating group) is 1. The van der Waals surface area contributed by atoms with E-state index in [1.165, 1.54) is 12.2 Å². The number of hydrogen-bond donors (Lipinski definition) is 1. The van der Waals surface area contributed by atoms with Crippen molar-refractivity contribution < 1.29 is 5.11 Å². The highest BCUT2D eigenvalue weighted by atomic mass is 32.2. The van der Waals surface area contributed by atoms with Crippen molar-refractivity contribution in [3.05, 3.63) is 0 Å². The van der Waals surface area contributed by atoms with Gasteiger partial charge in [-0.25, -0.2) is 0 Å². The fourth-order valence-corrected chi connectivity index (χ4v) is 2.83. The molecule has 1 aliphatic rings. The molecule has 0 amide bonds. The molecule has 0 aliphatic carbocycles. The SMILES string of the molecule is CCCSC[C@@H]1CN(CC)C[C@H]1O. The van der Waals surface area contributed by atoms with Crippen LogP contribution in [0.5, 0.6) is 0 Å². The van der Waals surface area contributed by atoms with E-state index in [9.17, 15) is 5.11 Å². The van der Waals surface area contributed by atoms with Gasteiger partial charge >= 0.3 is 0 Å². The second-order valence-corrected chi connectivity index (χ2v) is 4.90. The largest absolute Gasteiger partial charge is 0.391 e. The van der Waals surface area contributed by atoms with Crippen LogP contribution < -0.4 is 0 Å². The molecule has 0 aromatic heterocycles. The third-order valence-electron chi connectivity index (χ3n) is 2.61. The summed E-state index contributed by atoms with van der Waals surface area (Å²) in [5.41, 5.74) is 0. The molecule has 0 unspecified atom stereocenters. The zero-order chi connectivity index (χ0) is 9.68.